The molecule has 0 aliphatic heterocycles. The van der Waals surface area contributed by atoms with Gasteiger partial charge in [0, 0.05) is 17.7 Å². The highest BCUT2D eigenvalue weighted by molar-refractivity contribution is 6.30. The van der Waals surface area contributed by atoms with Crippen LogP contribution in [0.25, 0.3) is 0 Å². The lowest BCUT2D eigenvalue weighted by atomic mass is 9.60. The zero-order valence-electron chi connectivity index (χ0n) is 16.9. The predicted molar refractivity (Wildman–Crippen MR) is 108 cm³/mol. The van der Waals surface area contributed by atoms with Crippen molar-refractivity contribution in [3.63, 3.8) is 0 Å². The smallest absolute Gasteiger partial charge is 0.290 e. The van der Waals surface area contributed by atoms with E-state index >= 15 is 0 Å². The van der Waals surface area contributed by atoms with Crippen molar-refractivity contribution in [1.82, 2.24) is 15.8 Å². The van der Waals surface area contributed by atoms with Gasteiger partial charge in [0.15, 0.2) is 6.61 Å². The Morgan fingerprint density at radius 3 is 2.65 bits per heavy atom. The molecular formula is C21H23ClFN3O5. The zero-order valence-corrected chi connectivity index (χ0v) is 17.7. The minimum atomic E-state index is -0.824. The van der Waals surface area contributed by atoms with Gasteiger partial charge in [0.25, 0.3) is 11.8 Å². The highest BCUT2D eigenvalue weighted by Gasteiger charge is 2.55. The number of amides is 2. The lowest BCUT2D eigenvalue weighted by Crippen LogP contribution is -2.70. The van der Waals surface area contributed by atoms with Crippen LogP contribution in [-0.2, 0) is 4.79 Å². The predicted octanol–water partition coefficient (Wildman–Crippen LogP) is 2.52. The molecule has 5 rings (SSSR count). The summed E-state index contributed by atoms with van der Waals surface area (Å²) in [6.45, 7) is 1.43. The molecule has 3 aliphatic rings. The highest BCUT2D eigenvalue weighted by atomic mass is 35.5. The molecule has 0 saturated heterocycles. The van der Waals surface area contributed by atoms with E-state index in [9.17, 15) is 19.1 Å². The summed E-state index contributed by atoms with van der Waals surface area (Å²) in [5, 5.41) is 20.4. The van der Waals surface area contributed by atoms with E-state index in [0.717, 1.165) is 6.07 Å². The van der Waals surface area contributed by atoms with Gasteiger partial charge in [-0.2, -0.15) is 0 Å². The average Bonchev–Trinajstić information content (AvgIpc) is 3.17. The Bertz CT molecular complexity index is 1000. The number of fused-ring (bicyclic) bond motifs is 3. The minimum Gasteiger partial charge on any atom is -0.484 e. The summed E-state index contributed by atoms with van der Waals surface area (Å²) < 4.78 is 23.9. The van der Waals surface area contributed by atoms with E-state index in [0.29, 0.717) is 37.8 Å². The third-order valence-electron chi connectivity index (χ3n) is 6.20. The summed E-state index contributed by atoms with van der Waals surface area (Å²) in [5.74, 6) is -1.10. The van der Waals surface area contributed by atoms with Crippen molar-refractivity contribution in [3.8, 4) is 5.75 Å². The van der Waals surface area contributed by atoms with Crippen LogP contribution in [0.1, 0.15) is 48.4 Å². The van der Waals surface area contributed by atoms with E-state index in [2.05, 4.69) is 15.8 Å². The Kier molecular flexibility index (Phi) is 5.65. The molecule has 0 spiro atoms. The molecule has 10 heteroatoms. The molecule has 31 heavy (non-hydrogen) atoms. The number of aryl methyl sites for hydroxylation is 1. The van der Waals surface area contributed by atoms with Crippen LogP contribution in [0, 0.1) is 12.7 Å². The van der Waals surface area contributed by atoms with Crippen LogP contribution in [0.4, 0.5) is 4.39 Å². The van der Waals surface area contributed by atoms with E-state index in [1.807, 2.05) is 0 Å². The minimum absolute atomic E-state index is 0.0249. The van der Waals surface area contributed by atoms with Crippen molar-refractivity contribution in [2.75, 3.05) is 6.61 Å². The summed E-state index contributed by atoms with van der Waals surface area (Å²) in [7, 11) is 0. The maximum atomic E-state index is 13.5. The molecule has 1 unspecified atom stereocenters. The van der Waals surface area contributed by atoms with E-state index in [1.165, 1.54) is 12.1 Å². The van der Waals surface area contributed by atoms with Gasteiger partial charge in [-0.05, 0) is 51.2 Å². The fourth-order valence-electron chi connectivity index (χ4n) is 4.47. The van der Waals surface area contributed by atoms with Crippen LogP contribution in [0.2, 0.25) is 5.02 Å². The number of carbonyl (C=O) groups is 2. The first-order valence-corrected chi connectivity index (χ1v) is 10.4. The second-order valence-electron chi connectivity index (χ2n) is 8.36. The first-order valence-electron chi connectivity index (χ1n) is 10.0. The number of aliphatic hydroxyl groups excluding tert-OH is 1. The van der Waals surface area contributed by atoms with Crippen molar-refractivity contribution >= 4 is 23.4 Å². The van der Waals surface area contributed by atoms with Crippen molar-refractivity contribution in [2.45, 2.75) is 56.2 Å². The van der Waals surface area contributed by atoms with Gasteiger partial charge >= 0.3 is 0 Å². The molecule has 1 aromatic carbocycles. The van der Waals surface area contributed by atoms with E-state index in [1.54, 1.807) is 13.0 Å². The summed E-state index contributed by atoms with van der Waals surface area (Å²) >= 11 is 5.64. The lowest BCUT2D eigenvalue weighted by molar-refractivity contribution is -0.129. The Labute approximate surface area is 183 Å². The summed E-state index contributed by atoms with van der Waals surface area (Å²) in [5.41, 5.74) is -0.733. The van der Waals surface area contributed by atoms with Gasteiger partial charge in [0.05, 0.1) is 22.4 Å². The van der Waals surface area contributed by atoms with Crippen LogP contribution < -0.4 is 15.4 Å². The number of aliphatic hydroxyl groups is 1. The largest absolute Gasteiger partial charge is 0.484 e. The third kappa shape index (κ3) is 4.38. The summed E-state index contributed by atoms with van der Waals surface area (Å²) in [6, 6.07) is 5.50. The number of nitrogens with one attached hydrogen (secondary N) is 2. The maximum Gasteiger partial charge on any atom is 0.290 e. The number of nitrogens with zero attached hydrogens (tertiary/aromatic N) is 1. The van der Waals surface area contributed by atoms with Crippen molar-refractivity contribution in [2.24, 2.45) is 0 Å². The summed E-state index contributed by atoms with van der Waals surface area (Å²) in [4.78, 5) is 24.9. The van der Waals surface area contributed by atoms with Crippen molar-refractivity contribution in [3.05, 3.63) is 46.6 Å². The number of aromatic nitrogens is 1. The Balaban J connectivity index is 1.34. The molecule has 0 radical (unpaired) electrons. The van der Waals surface area contributed by atoms with Crippen LogP contribution in [0.5, 0.6) is 5.75 Å². The molecule has 166 valence electrons. The molecule has 3 saturated carbocycles. The van der Waals surface area contributed by atoms with Crippen LogP contribution >= 0.6 is 11.6 Å². The molecule has 1 heterocycles. The molecule has 1 atom stereocenters. The number of hydrogen-bond acceptors (Lipinski definition) is 6. The zero-order chi connectivity index (χ0) is 22.2. The van der Waals surface area contributed by atoms with Gasteiger partial charge < -0.3 is 25.0 Å². The fraction of sp³-hybridized carbons (Fsp3) is 0.476. The molecule has 2 amide bonds. The molecule has 3 N–H and O–H groups in total. The highest BCUT2D eigenvalue weighted by Crippen LogP contribution is 2.47. The van der Waals surface area contributed by atoms with Gasteiger partial charge in [0.2, 0.25) is 5.76 Å². The molecule has 3 fully saturated rings. The number of rotatable bonds is 6. The van der Waals surface area contributed by atoms with Crippen LogP contribution in [0.3, 0.4) is 0 Å². The second kappa shape index (κ2) is 8.12. The first kappa shape index (κ1) is 21.6. The molecule has 3 aliphatic carbocycles. The van der Waals surface area contributed by atoms with Gasteiger partial charge in [-0.1, -0.05) is 16.8 Å². The van der Waals surface area contributed by atoms with Gasteiger partial charge in [-0.3, -0.25) is 9.59 Å². The Morgan fingerprint density at radius 1 is 1.29 bits per heavy atom. The Morgan fingerprint density at radius 2 is 2.03 bits per heavy atom. The number of hydrogen-bond donors (Lipinski definition) is 3. The summed E-state index contributed by atoms with van der Waals surface area (Å²) in [6.07, 6.45) is 1.70. The molecule has 2 bridgehead atoms. The third-order valence-corrected chi connectivity index (χ3v) is 6.51. The number of benzene rings is 1. The van der Waals surface area contributed by atoms with Crippen molar-refractivity contribution in [1.29, 1.82) is 0 Å². The van der Waals surface area contributed by atoms with E-state index in [-0.39, 0.29) is 29.0 Å². The maximum absolute atomic E-state index is 13.5. The molecule has 1 aromatic heterocycles. The van der Waals surface area contributed by atoms with E-state index < -0.39 is 28.9 Å². The quantitative estimate of drug-likeness (QED) is 0.622. The SMILES string of the molecule is Cc1cc(C(=O)NC23CCC(NC(=O)COc4ccc(Cl)c(F)c4)(CC2)CC3O)on1. The molecule has 8 nitrogen and oxygen atoms in total. The monoisotopic (exact) mass is 451 g/mol. The second-order valence-corrected chi connectivity index (χ2v) is 8.76. The van der Waals surface area contributed by atoms with Crippen LogP contribution in [0.15, 0.2) is 28.8 Å². The number of carbonyl (C=O) groups excluding carboxylic acids is 2. The van der Waals surface area contributed by atoms with Gasteiger partial charge in [-0.25, -0.2) is 4.39 Å². The molecular weight excluding hydrogens is 429 g/mol. The molecule has 2 aromatic rings. The fourth-order valence-corrected chi connectivity index (χ4v) is 4.59. The van der Waals surface area contributed by atoms with Crippen molar-refractivity contribution < 1.29 is 28.3 Å². The van der Waals surface area contributed by atoms with Gasteiger partial charge in [0.1, 0.15) is 11.6 Å². The first-order chi connectivity index (χ1) is 14.7. The average molecular weight is 452 g/mol. The topological polar surface area (TPSA) is 114 Å². The Hall–Kier alpha value is -2.65. The lowest BCUT2D eigenvalue weighted by Gasteiger charge is -2.56. The standard InChI is InChI=1S/C21H23ClFN3O5/c1-12-8-16(31-26-12)19(29)25-21-6-4-20(5-7-21,10-17(21)27)24-18(28)11-30-13-2-3-14(22)15(23)9-13/h2-3,8-9,17,27H,4-7,10-11H2,1H3,(H,24,28)(H,25,29). The number of halogens is 2. The van der Waals surface area contributed by atoms with Crippen LogP contribution in [-0.4, -0.2) is 45.9 Å². The normalized spacial score (nSPS) is 27.0. The number of ether oxygens (including phenoxy) is 1. The van der Waals surface area contributed by atoms with Gasteiger partial charge in [-0.15, -0.1) is 0 Å². The van der Waals surface area contributed by atoms with E-state index in [4.69, 9.17) is 20.9 Å².